The van der Waals surface area contributed by atoms with Gasteiger partial charge in [-0.05, 0) is 0 Å². The summed E-state index contributed by atoms with van der Waals surface area (Å²) in [6.07, 6.45) is 1.44. The molecule has 0 aliphatic carbocycles. The van der Waals surface area contributed by atoms with Crippen LogP contribution in [0.2, 0.25) is 0 Å². The molecule has 4 bridgehead atoms. The number of Topliss-reactive ketones (excluding diaryl/α,β-unsaturated/α-hetero) is 1. The van der Waals surface area contributed by atoms with Crippen LogP contribution in [0.3, 0.4) is 0 Å². The number of hydrogen-bond donors (Lipinski definition) is 0. The van der Waals surface area contributed by atoms with Crippen molar-refractivity contribution in [1.82, 2.24) is 0 Å². The van der Waals surface area contributed by atoms with Crippen molar-refractivity contribution in [2.75, 3.05) is 0 Å². The van der Waals surface area contributed by atoms with Gasteiger partial charge in [-0.3, -0.25) is 0 Å². The summed E-state index contributed by atoms with van der Waals surface area (Å²) in [7, 11) is 0. The molecular weight excluding hydrogens is 367 g/mol. The molecule has 4 fully saturated rings. The van der Waals surface area contributed by atoms with Crippen LogP contribution in [0.15, 0.2) is 60.7 Å². The Kier molecular flexibility index (Phi) is 3.43. The maximum atomic E-state index is 12.6. The third-order valence-corrected chi connectivity index (χ3v) is 8.66. The summed E-state index contributed by atoms with van der Waals surface area (Å²) >= 11 is 0.194. The molecule has 4 aliphatic heterocycles. The van der Waals surface area contributed by atoms with Crippen LogP contribution in [-0.2, 0) is 14.0 Å². The van der Waals surface area contributed by atoms with Crippen molar-refractivity contribution in [1.29, 1.82) is 0 Å². The van der Waals surface area contributed by atoms with Gasteiger partial charge >= 0.3 is 147 Å². The standard InChI is InChI=1S/C20H18O3Se/c21-17(13-7-3-1-4-8-13)11-15-16-12-20(14-9-5-2-6-10-14)23-18(16)22-19(15)24-20/h1-10,15-16,18-19H,11-12H2. The van der Waals surface area contributed by atoms with Gasteiger partial charge in [0, 0.05) is 0 Å². The van der Waals surface area contributed by atoms with Gasteiger partial charge in [0.1, 0.15) is 0 Å². The zero-order valence-electron chi connectivity index (χ0n) is 13.1. The molecule has 2 aromatic rings. The molecule has 5 atom stereocenters. The number of rotatable bonds is 4. The van der Waals surface area contributed by atoms with Crippen LogP contribution in [-0.4, -0.2) is 32.0 Å². The Morgan fingerprint density at radius 3 is 2.50 bits per heavy atom. The molecule has 4 saturated heterocycles. The Morgan fingerprint density at radius 2 is 1.79 bits per heavy atom. The van der Waals surface area contributed by atoms with Crippen molar-refractivity contribution in [3.8, 4) is 0 Å². The SMILES string of the molecule is O=C(CC1C2OC3OC(c4ccccc4)(CC31)[Se]2)c1ccccc1. The molecule has 4 heterocycles. The maximum absolute atomic E-state index is 12.6. The fraction of sp³-hybridized carbons (Fsp3) is 0.350. The van der Waals surface area contributed by atoms with Crippen LogP contribution in [0, 0.1) is 11.8 Å². The van der Waals surface area contributed by atoms with Gasteiger partial charge in [0.25, 0.3) is 0 Å². The van der Waals surface area contributed by atoms with Crippen molar-refractivity contribution in [2.45, 2.75) is 28.6 Å². The number of hydrogen-bond acceptors (Lipinski definition) is 3. The van der Waals surface area contributed by atoms with Crippen LogP contribution < -0.4 is 0 Å². The van der Waals surface area contributed by atoms with Crippen molar-refractivity contribution < 1.29 is 14.3 Å². The molecule has 4 heteroatoms. The Bertz CT molecular complexity index is 759. The normalized spacial score (nSPS) is 36.2. The Balaban J connectivity index is 1.37. The van der Waals surface area contributed by atoms with Crippen molar-refractivity contribution in [3.63, 3.8) is 0 Å². The third-order valence-electron chi connectivity index (χ3n) is 5.37. The van der Waals surface area contributed by atoms with Gasteiger partial charge in [0.15, 0.2) is 0 Å². The van der Waals surface area contributed by atoms with Crippen molar-refractivity contribution >= 4 is 20.7 Å². The molecule has 0 radical (unpaired) electrons. The second kappa shape index (κ2) is 5.53. The van der Waals surface area contributed by atoms with E-state index in [4.69, 9.17) is 9.47 Å². The number of carbonyl (C=O) groups excluding carboxylic acids is 1. The summed E-state index contributed by atoms with van der Waals surface area (Å²) in [6, 6.07) is 20.1. The van der Waals surface area contributed by atoms with Crippen molar-refractivity contribution in [2.24, 2.45) is 11.8 Å². The first-order chi connectivity index (χ1) is 11.8. The second-order valence-corrected chi connectivity index (χ2v) is 9.61. The van der Waals surface area contributed by atoms with E-state index in [1.54, 1.807) is 0 Å². The monoisotopic (exact) mass is 386 g/mol. The van der Waals surface area contributed by atoms with E-state index in [-0.39, 0.29) is 36.5 Å². The second-order valence-electron chi connectivity index (χ2n) is 6.75. The average Bonchev–Trinajstić information content (AvgIpc) is 3.04. The number of carbonyl (C=O) groups is 1. The van der Waals surface area contributed by atoms with E-state index in [9.17, 15) is 4.79 Å². The number of ether oxygens (including phenoxy) is 2. The molecule has 0 amide bonds. The zero-order valence-corrected chi connectivity index (χ0v) is 14.8. The van der Waals surface area contributed by atoms with Gasteiger partial charge in [-0.1, -0.05) is 0 Å². The summed E-state index contributed by atoms with van der Waals surface area (Å²) < 4.78 is 12.3. The quantitative estimate of drug-likeness (QED) is 0.599. The Labute approximate surface area is 147 Å². The van der Waals surface area contributed by atoms with E-state index in [1.807, 2.05) is 36.4 Å². The van der Waals surface area contributed by atoms with Crippen LogP contribution >= 0.6 is 0 Å². The average molecular weight is 385 g/mol. The van der Waals surface area contributed by atoms with Gasteiger partial charge in [-0.25, -0.2) is 0 Å². The van der Waals surface area contributed by atoms with Crippen molar-refractivity contribution in [3.05, 3.63) is 71.8 Å². The first kappa shape index (κ1) is 14.9. The van der Waals surface area contributed by atoms with Gasteiger partial charge in [-0.2, -0.15) is 0 Å². The molecule has 6 rings (SSSR count). The molecule has 0 N–H and O–H groups in total. The first-order valence-corrected chi connectivity index (χ1v) is 10.2. The summed E-state index contributed by atoms with van der Waals surface area (Å²) in [5, 5.41) is 0.197. The predicted molar refractivity (Wildman–Crippen MR) is 90.6 cm³/mol. The van der Waals surface area contributed by atoms with E-state index in [2.05, 4.69) is 24.3 Å². The fourth-order valence-corrected chi connectivity index (χ4v) is 7.79. The Hall–Kier alpha value is -1.45. The molecule has 0 saturated carbocycles. The first-order valence-electron chi connectivity index (χ1n) is 8.40. The third kappa shape index (κ3) is 2.21. The number of benzene rings is 2. The summed E-state index contributed by atoms with van der Waals surface area (Å²) in [5.74, 6) is 0.880. The van der Waals surface area contributed by atoms with Gasteiger partial charge in [-0.15, -0.1) is 0 Å². The van der Waals surface area contributed by atoms with E-state index in [0.717, 1.165) is 12.0 Å². The number of ketones is 1. The molecule has 0 spiro atoms. The predicted octanol–water partition coefficient (Wildman–Crippen LogP) is 3.17. The van der Waals surface area contributed by atoms with E-state index in [0.29, 0.717) is 18.3 Å². The molecule has 2 aromatic carbocycles. The molecule has 5 unspecified atom stereocenters. The molecular formula is C20H18O3Se. The summed E-state index contributed by atoms with van der Waals surface area (Å²) in [4.78, 5) is 12.6. The van der Waals surface area contributed by atoms with Gasteiger partial charge < -0.3 is 0 Å². The van der Waals surface area contributed by atoms with Gasteiger partial charge in [0.2, 0.25) is 0 Å². The molecule has 4 aliphatic rings. The van der Waals surface area contributed by atoms with E-state index in [1.165, 1.54) is 5.56 Å². The minimum atomic E-state index is -0.140. The van der Waals surface area contributed by atoms with Crippen LogP contribution in [0.1, 0.15) is 28.8 Å². The van der Waals surface area contributed by atoms with Gasteiger partial charge in [0.05, 0.1) is 0 Å². The molecule has 24 heavy (non-hydrogen) atoms. The zero-order chi connectivity index (χ0) is 16.1. The summed E-state index contributed by atoms with van der Waals surface area (Å²) in [6.45, 7) is 0. The van der Waals surface area contributed by atoms with Crippen LogP contribution in [0.5, 0.6) is 0 Å². The Morgan fingerprint density at radius 1 is 1.08 bits per heavy atom. The molecule has 122 valence electrons. The fourth-order valence-electron chi connectivity index (χ4n) is 4.17. The minimum absolute atomic E-state index is 0.126. The van der Waals surface area contributed by atoms with E-state index < -0.39 is 0 Å². The molecule has 0 aromatic heterocycles. The van der Waals surface area contributed by atoms with E-state index >= 15 is 0 Å². The summed E-state index contributed by atoms with van der Waals surface area (Å²) in [5.41, 5.74) is 2.08. The topological polar surface area (TPSA) is 35.5 Å². The molecule has 3 nitrogen and oxygen atoms in total. The van der Waals surface area contributed by atoms with Crippen LogP contribution in [0.4, 0.5) is 0 Å². The van der Waals surface area contributed by atoms with Crippen LogP contribution in [0.25, 0.3) is 0 Å².